The molecule has 0 saturated heterocycles. The normalized spacial score (nSPS) is 11.8. The number of nitrogens with zero attached hydrogens (tertiary/aromatic N) is 1. The Morgan fingerprint density at radius 2 is 1.54 bits per heavy atom. The van der Waals surface area contributed by atoms with Gasteiger partial charge in [-0.15, -0.1) is 0 Å². The maximum atomic E-state index is 13.6. The molecule has 0 fully saturated rings. The Bertz CT molecular complexity index is 1630. The molecule has 0 saturated carbocycles. The molecule has 4 aromatic rings. The molecule has 41 heavy (non-hydrogen) atoms. The summed E-state index contributed by atoms with van der Waals surface area (Å²) in [6, 6.07) is 22.3. The summed E-state index contributed by atoms with van der Waals surface area (Å²) in [6.45, 7) is 0. The van der Waals surface area contributed by atoms with E-state index in [1.54, 1.807) is 31.3 Å². The second kappa shape index (κ2) is 12.6. The number of halogens is 2. The Labute approximate surface area is 236 Å². The molecule has 8 nitrogen and oxygen atoms in total. The van der Waals surface area contributed by atoms with Crippen molar-refractivity contribution in [2.75, 3.05) is 23.8 Å². The van der Waals surface area contributed by atoms with E-state index in [0.29, 0.717) is 17.5 Å². The molecular weight excluding hydrogens is 552 g/mol. The Morgan fingerprint density at radius 3 is 2.17 bits per heavy atom. The van der Waals surface area contributed by atoms with Gasteiger partial charge < -0.3 is 15.0 Å². The molecule has 4 aromatic carbocycles. The highest BCUT2D eigenvalue weighted by atomic mass is 32.2. The number of methoxy groups -OCH3 is 1. The molecule has 0 spiro atoms. The van der Waals surface area contributed by atoms with Crippen LogP contribution in [0.2, 0.25) is 0 Å². The van der Waals surface area contributed by atoms with Crippen LogP contribution in [0.5, 0.6) is 5.75 Å². The van der Waals surface area contributed by atoms with Crippen LogP contribution in [0.15, 0.2) is 102 Å². The van der Waals surface area contributed by atoms with Crippen molar-refractivity contribution in [3.63, 3.8) is 0 Å². The van der Waals surface area contributed by atoms with E-state index < -0.39 is 39.5 Å². The minimum atomic E-state index is -4.30. The summed E-state index contributed by atoms with van der Waals surface area (Å²) in [7, 11) is -1.18. The molecule has 2 amide bonds. The number of hydrogen-bond acceptors (Lipinski definition) is 5. The van der Waals surface area contributed by atoms with Gasteiger partial charge in [-0.1, -0.05) is 36.4 Å². The van der Waals surface area contributed by atoms with Crippen LogP contribution in [0.1, 0.15) is 15.9 Å². The average molecular weight is 580 g/mol. The van der Waals surface area contributed by atoms with Gasteiger partial charge in [0.1, 0.15) is 23.4 Å². The van der Waals surface area contributed by atoms with Crippen molar-refractivity contribution in [2.24, 2.45) is 0 Å². The molecule has 0 bridgehead atoms. The van der Waals surface area contributed by atoms with Crippen LogP contribution in [0, 0.1) is 11.6 Å². The zero-order valence-corrected chi connectivity index (χ0v) is 23.0. The number of likely N-dealkylation sites (N-methyl/N-ethyl adjacent to an activating group) is 1. The third-order valence-corrected chi connectivity index (χ3v) is 7.58. The van der Waals surface area contributed by atoms with Gasteiger partial charge in [-0.3, -0.25) is 14.3 Å². The van der Waals surface area contributed by atoms with Gasteiger partial charge in [-0.25, -0.2) is 17.2 Å². The molecule has 212 valence electrons. The quantitative estimate of drug-likeness (QED) is 0.282. The van der Waals surface area contributed by atoms with Crippen LogP contribution < -0.4 is 19.7 Å². The van der Waals surface area contributed by atoms with Crippen LogP contribution in [-0.2, 0) is 21.2 Å². The van der Waals surface area contributed by atoms with E-state index in [1.165, 1.54) is 30.2 Å². The fourth-order valence-electron chi connectivity index (χ4n) is 4.09. The largest absolute Gasteiger partial charge is 0.497 e. The second-order valence-electron chi connectivity index (χ2n) is 9.10. The highest BCUT2D eigenvalue weighted by Gasteiger charge is 2.26. The topological polar surface area (TPSA) is 105 Å². The smallest absolute Gasteiger partial charge is 0.261 e. The zero-order chi connectivity index (χ0) is 29.6. The van der Waals surface area contributed by atoms with Crippen molar-refractivity contribution < 1.29 is 31.5 Å². The highest BCUT2D eigenvalue weighted by molar-refractivity contribution is 7.92. The number of sulfonamides is 1. The van der Waals surface area contributed by atoms with Crippen molar-refractivity contribution in [2.45, 2.75) is 17.4 Å². The first-order chi connectivity index (χ1) is 19.6. The lowest BCUT2D eigenvalue weighted by Crippen LogP contribution is -2.48. The van der Waals surface area contributed by atoms with Gasteiger partial charge in [-0.05, 0) is 60.2 Å². The van der Waals surface area contributed by atoms with Gasteiger partial charge in [-0.2, -0.15) is 0 Å². The molecule has 2 N–H and O–H groups in total. The fraction of sp³-hybridized carbons (Fsp3) is 0.133. The number of hydrogen-bond donors (Lipinski definition) is 2. The minimum absolute atomic E-state index is 0.0312. The Hall–Kier alpha value is -4.77. The molecular formula is C30H27F2N3O5S. The third kappa shape index (κ3) is 7.46. The fourth-order valence-corrected chi connectivity index (χ4v) is 5.18. The Kier molecular flexibility index (Phi) is 8.98. The summed E-state index contributed by atoms with van der Waals surface area (Å²) in [4.78, 5) is 28.0. The standard InChI is InChI=1S/C30H27F2N3O5S/c1-35(25-11-13-26(40-2)14-12-25)30(37)28(15-20-7-4-3-5-8-20)33-29(36)21-9-6-10-27(16-21)41(38,39)34-24-18-22(31)17-23(32)19-24/h3-14,16-19,28,34H,15H2,1-2H3,(H,33,36)/t28-/m0/s1. The second-order valence-corrected chi connectivity index (χ2v) is 10.8. The lowest BCUT2D eigenvalue weighted by Gasteiger charge is -2.25. The number of amides is 2. The van der Waals surface area contributed by atoms with E-state index in [0.717, 1.165) is 23.8 Å². The first-order valence-electron chi connectivity index (χ1n) is 12.4. The van der Waals surface area contributed by atoms with Gasteiger partial charge in [0, 0.05) is 30.8 Å². The van der Waals surface area contributed by atoms with E-state index in [-0.39, 0.29) is 22.6 Å². The van der Waals surface area contributed by atoms with Crippen LogP contribution in [0.25, 0.3) is 0 Å². The maximum absolute atomic E-state index is 13.6. The number of ether oxygens (including phenoxy) is 1. The predicted molar refractivity (Wildman–Crippen MR) is 151 cm³/mol. The van der Waals surface area contributed by atoms with Crippen LogP contribution in [-0.4, -0.2) is 40.4 Å². The molecule has 0 aliphatic carbocycles. The van der Waals surface area contributed by atoms with Gasteiger partial charge in [0.25, 0.3) is 15.9 Å². The van der Waals surface area contributed by atoms with Crippen molar-refractivity contribution in [3.05, 3.63) is 120 Å². The van der Waals surface area contributed by atoms with Gasteiger partial charge in [0.2, 0.25) is 5.91 Å². The van der Waals surface area contributed by atoms with Gasteiger partial charge >= 0.3 is 0 Å². The summed E-state index contributed by atoms with van der Waals surface area (Å²) >= 11 is 0. The van der Waals surface area contributed by atoms with Crippen LogP contribution >= 0.6 is 0 Å². The molecule has 1 atom stereocenters. The number of rotatable bonds is 10. The summed E-state index contributed by atoms with van der Waals surface area (Å²) in [5, 5.41) is 2.73. The summed E-state index contributed by atoms with van der Waals surface area (Å²) in [6.07, 6.45) is 0.177. The number of anilines is 2. The van der Waals surface area contributed by atoms with Gasteiger partial charge in [0.05, 0.1) is 17.7 Å². The minimum Gasteiger partial charge on any atom is -0.497 e. The first kappa shape index (κ1) is 29.2. The van der Waals surface area contributed by atoms with E-state index in [1.807, 2.05) is 30.3 Å². The zero-order valence-electron chi connectivity index (χ0n) is 22.2. The number of nitrogens with one attached hydrogen (secondary N) is 2. The summed E-state index contributed by atoms with van der Waals surface area (Å²) in [5.74, 6) is -2.37. The first-order valence-corrected chi connectivity index (χ1v) is 13.9. The van der Waals surface area contributed by atoms with Gasteiger partial charge in [0.15, 0.2) is 0 Å². The van der Waals surface area contributed by atoms with E-state index >= 15 is 0 Å². The molecule has 0 unspecified atom stereocenters. The molecule has 0 heterocycles. The predicted octanol–water partition coefficient (Wildman–Crippen LogP) is 4.78. The van der Waals surface area contributed by atoms with E-state index in [4.69, 9.17) is 4.74 Å². The number of carbonyl (C=O) groups is 2. The van der Waals surface area contributed by atoms with Crippen molar-refractivity contribution in [1.29, 1.82) is 0 Å². The average Bonchev–Trinajstić information content (AvgIpc) is 2.96. The Balaban J connectivity index is 1.57. The van der Waals surface area contributed by atoms with Crippen LogP contribution in [0.4, 0.5) is 20.2 Å². The molecule has 11 heteroatoms. The van der Waals surface area contributed by atoms with Crippen LogP contribution in [0.3, 0.4) is 0 Å². The molecule has 0 aliphatic rings. The van der Waals surface area contributed by atoms with Crippen molar-refractivity contribution in [3.8, 4) is 5.75 Å². The highest BCUT2D eigenvalue weighted by Crippen LogP contribution is 2.21. The molecule has 0 radical (unpaired) electrons. The summed E-state index contributed by atoms with van der Waals surface area (Å²) < 4.78 is 60.2. The maximum Gasteiger partial charge on any atom is 0.261 e. The molecule has 4 rings (SSSR count). The molecule has 0 aromatic heterocycles. The monoisotopic (exact) mass is 579 g/mol. The van der Waals surface area contributed by atoms with Crippen molar-refractivity contribution in [1.82, 2.24) is 5.32 Å². The number of carbonyl (C=O) groups excluding carboxylic acids is 2. The lowest BCUT2D eigenvalue weighted by atomic mass is 10.0. The summed E-state index contributed by atoms with van der Waals surface area (Å²) in [5.41, 5.74) is 1.04. The molecule has 0 aliphatic heterocycles. The third-order valence-electron chi connectivity index (χ3n) is 6.20. The van der Waals surface area contributed by atoms with E-state index in [9.17, 15) is 26.8 Å². The Morgan fingerprint density at radius 1 is 0.878 bits per heavy atom. The lowest BCUT2D eigenvalue weighted by molar-refractivity contribution is -0.120. The van der Waals surface area contributed by atoms with E-state index in [2.05, 4.69) is 10.0 Å². The SMILES string of the molecule is COc1ccc(N(C)C(=O)[C@H](Cc2ccccc2)NC(=O)c2cccc(S(=O)(=O)Nc3cc(F)cc(F)c3)c2)cc1. The van der Waals surface area contributed by atoms with Crippen molar-refractivity contribution >= 4 is 33.2 Å². The number of benzene rings is 4.